The number of carbonyl (C=O) groups is 2. The zero-order chi connectivity index (χ0) is 11.4. The summed E-state index contributed by atoms with van der Waals surface area (Å²) in [6, 6.07) is 3.45. The molecule has 1 N–H and O–H groups in total. The van der Waals surface area contributed by atoms with Gasteiger partial charge in [-0.3, -0.25) is 9.59 Å². The van der Waals surface area contributed by atoms with E-state index in [9.17, 15) is 9.59 Å². The Morgan fingerprint density at radius 2 is 2.20 bits per heavy atom. The van der Waals surface area contributed by atoms with Gasteiger partial charge in [0, 0.05) is 6.54 Å². The molecule has 0 unspecified atom stereocenters. The number of carboxylic acid groups (broad SMARTS) is 1. The Morgan fingerprint density at radius 1 is 1.53 bits per heavy atom. The van der Waals surface area contributed by atoms with Crippen LogP contribution in [0.3, 0.4) is 0 Å². The van der Waals surface area contributed by atoms with Crippen LogP contribution in [-0.4, -0.2) is 35.0 Å². The average molecular weight is 292 g/mol. The van der Waals surface area contributed by atoms with Gasteiger partial charge in [-0.1, -0.05) is 0 Å². The number of hydrogen-bond acceptors (Lipinski definition) is 3. The number of likely N-dealkylation sites (N-methyl/N-ethyl adjacent to an activating group) is 1. The summed E-state index contributed by atoms with van der Waals surface area (Å²) in [6.07, 6.45) is 0. The van der Waals surface area contributed by atoms with Crippen molar-refractivity contribution in [3.05, 3.63) is 20.8 Å². The number of carbonyl (C=O) groups excluding carboxylic acids is 1. The Hall–Kier alpha value is -0.880. The number of nitrogens with zero attached hydrogens (tertiary/aromatic N) is 1. The van der Waals surface area contributed by atoms with E-state index in [0.717, 1.165) is 3.79 Å². The van der Waals surface area contributed by atoms with E-state index in [1.807, 2.05) is 0 Å². The zero-order valence-corrected chi connectivity index (χ0v) is 10.5. The number of thiophene rings is 1. The summed E-state index contributed by atoms with van der Waals surface area (Å²) in [7, 11) is 0. The lowest BCUT2D eigenvalue weighted by Gasteiger charge is -2.17. The molecule has 0 aromatic carbocycles. The van der Waals surface area contributed by atoms with Crippen molar-refractivity contribution in [1.82, 2.24) is 4.90 Å². The minimum atomic E-state index is -0.999. The van der Waals surface area contributed by atoms with Gasteiger partial charge in [0.25, 0.3) is 5.91 Å². The van der Waals surface area contributed by atoms with Crippen LogP contribution in [-0.2, 0) is 4.79 Å². The van der Waals surface area contributed by atoms with Crippen molar-refractivity contribution in [3.63, 3.8) is 0 Å². The van der Waals surface area contributed by atoms with Gasteiger partial charge in [0.1, 0.15) is 6.54 Å². The molecule has 0 atom stereocenters. The molecule has 0 aliphatic heterocycles. The van der Waals surface area contributed by atoms with Gasteiger partial charge >= 0.3 is 5.97 Å². The van der Waals surface area contributed by atoms with Crippen LogP contribution in [0.4, 0.5) is 0 Å². The molecular weight excluding hydrogens is 282 g/mol. The summed E-state index contributed by atoms with van der Waals surface area (Å²) in [6.45, 7) is 1.88. The Balaban J connectivity index is 2.77. The summed E-state index contributed by atoms with van der Waals surface area (Å²) < 4.78 is 0.859. The molecule has 82 valence electrons. The maximum Gasteiger partial charge on any atom is 0.323 e. The van der Waals surface area contributed by atoms with Crippen LogP contribution >= 0.6 is 27.3 Å². The number of rotatable bonds is 4. The van der Waals surface area contributed by atoms with Crippen molar-refractivity contribution in [1.29, 1.82) is 0 Å². The first-order valence-electron chi connectivity index (χ1n) is 4.31. The molecule has 0 radical (unpaired) electrons. The lowest BCUT2D eigenvalue weighted by molar-refractivity contribution is -0.137. The molecule has 0 saturated carbocycles. The van der Waals surface area contributed by atoms with E-state index < -0.39 is 5.97 Å². The third kappa shape index (κ3) is 3.32. The topological polar surface area (TPSA) is 57.6 Å². The van der Waals surface area contributed by atoms with Crippen LogP contribution in [0.15, 0.2) is 15.9 Å². The van der Waals surface area contributed by atoms with Gasteiger partial charge in [0.05, 0.1) is 8.66 Å². The molecule has 1 rings (SSSR count). The van der Waals surface area contributed by atoms with Gasteiger partial charge in [-0.15, -0.1) is 11.3 Å². The summed E-state index contributed by atoms with van der Waals surface area (Å²) in [5.41, 5.74) is 0. The summed E-state index contributed by atoms with van der Waals surface area (Å²) in [4.78, 5) is 24.1. The van der Waals surface area contributed by atoms with E-state index in [2.05, 4.69) is 15.9 Å². The molecule has 0 aliphatic rings. The Morgan fingerprint density at radius 3 is 2.60 bits per heavy atom. The van der Waals surface area contributed by atoms with Gasteiger partial charge in [-0.05, 0) is 35.0 Å². The fourth-order valence-corrected chi connectivity index (χ4v) is 2.43. The van der Waals surface area contributed by atoms with Crippen LogP contribution in [0, 0.1) is 0 Å². The monoisotopic (exact) mass is 291 g/mol. The van der Waals surface area contributed by atoms with Crippen LogP contribution in [0.25, 0.3) is 0 Å². The molecule has 1 heterocycles. The van der Waals surface area contributed by atoms with Crippen molar-refractivity contribution in [3.8, 4) is 0 Å². The predicted octanol–water partition coefficient (Wildman–Crippen LogP) is 2.06. The standard InChI is InChI=1S/C9H10BrNO3S/c1-2-11(5-8(12)13)9(14)6-3-4-7(10)15-6/h3-4H,2,5H2,1H3,(H,12,13). The fraction of sp³-hybridized carbons (Fsp3) is 0.333. The van der Waals surface area contributed by atoms with Crippen molar-refractivity contribution >= 4 is 39.1 Å². The third-order valence-corrected chi connectivity index (χ3v) is 3.39. The highest BCUT2D eigenvalue weighted by atomic mass is 79.9. The highest BCUT2D eigenvalue weighted by molar-refractivity contribution is 9.11. The van der Waals surface area contributed by atoms with Gasteiger partial charge in [-0.25, -0.2) is 0 Å². The van der Waals surface area contributed by atoms with E-state index in [1.165, 1.54) is 16.2 Å². The van der Waals surface area contributed by atoms with Crippen molar-refractivity contribution in [2.75, 3.05) is 13.1 Å². The molecule has 0 aliphatic carbocycles. The maximum absolute atomic E-state index is 11.8. The number of carboxylic acids is 1. The highest BCUT2D eigenvalue weighted by Gasteiger charge is 2.18. The van der Waals surface area contributed by atoms with E-state index in [4.69, 9.17) is 5.11 Å². The average Bonchev–Trinajstić information content (AvgIpc) is 2.60. The first-order valence-corrected chi connectivity index (χ1v) is 5.92. The number of amides is 1. The minimum Gasteiger partial charge on any atom is -0.480 e. The SMILES string of the molecule is CCN(CC(=O)O)C(=O)c1ccc(Br)s1. The molecule has 15 heavy (non-hydrogen) atoms. The van der Waals surface area contributed by atoms with Gasteiger partial charge in [0.2, 0.25) is 0 Å². The lowest BCUT2D eigenvalue weighted by atomic mass is 10.4. The van der Waals surface area contributed by atoms with Crippen LogP contribution in [0.1, 0.15) is 16.6 Å². The van der Waals surface area contributed by atoms with Crippen molar-refractivity contribution in [2.45, 2.75) is 6.92 Å². The number of hydrogen-bond donors (Lipinski definition) is 1. The second-order valence-electron chi connectivity index (χ2n) is 2.82. The second-order valence-corrected chi connectivity index (χ2v) is 5.28. The van der Waals surface area contributed by atoms with E-state index >= 15 is 0 Å². The Kier molecular flexibility index (Phi) is 4.28. The van der Waals surface area contributed by atoms with Crippen LogP contribution in [0.5, 0.6) is 0 Å². The number of halogens is 1. The molecule has 0 fully saturated rings. The van der Waals surface area contributed by atoms with Crippen LogP contribution in [0.2, 0.25) is 0 Å². The first kappa shape index (κ1) is 12.2. The van der Waals surface area contributed by atoms with E-state index in [0.29, 0.717) is 11.4 Å². The summed E-state index contributed by atoms with van der Waals surface area (Å²) in [5.74, 6) is -1.24. The van der Waals surface area contributed by atoms with Gasteiger partial charge in [-0.2, -0.15) is 0 Å². The van der Waals surface area contributed by atoms with Gasteiger partial charge < -0.3 is 10.0 Å². The quantitative estimate of drug-likeness (QED) is 0.924. The summed E-state index contributed by atoms with van der Waals surface area (Å²) >= 11 is 4.55. The minimum absolute atomic E-state index is 0.240. The molecular formula is C9H10BrNO3S. The maximum atomic E-state index is 11.8. The Labute approximate surface area is 99.6 Å². The lowest BCUT2D eigenvalue weighted by Crippen LogP contribution is -2.34. The molecule has 1 aromatic heterocycles. The smallest absolute Gasteiger partial charge is 0.323 e. The largest absolute Gasteiger partial charge is 0.480 e. The molecule has 4 nitrogen and oxygen atoms in total. The molecule has 0 bridgehead atoms. The number of aliphatic carboxylic acids is 1. The van der Waals surface area contributed by atoms with Crippen molar-refractivity contribution in [2.24, 2.45) is 0 Å². The summed E-state index contributed by atoms with van der Waals surface area (Å²) in [5, 5.41) is 8.62. The molecule has 6 heteroatoms. The van der Waals surface area contributed by atoms with E-state index in [1.54, 1.807) is 19.1 Å². The molecule has 1 amide bonds. The predicted molar refractivity (Wildman–Crippen MR) is 61.2 cm³/mol. The van der Waals surface area contributed by atoms with Crippen molar-refractivity contribution < 1.29 is 14.7 Å². The Bertz CT molecular complexity index is 377. The second kappa shape index (κ2) is 5.27. The first-order chi connectivity index (χ1) is 7.04. The third-order valence-electron chi connectivity index (χ3n) is 1.78. The molecule has 0 spiro atoms. The van der Waals surface area contributed by atoms with E-state index in [-0.39, 0.29) is 12.5 Å². The van der Waals surface area contributed by atoms with Gasteiger partial charge in [0.15, 0.2) is 0 Å². The zero-order valence-electron chi connectivity index (χ0n) is 8.07. The fourth-order valence-electron chi connectivity index (χ4n) is 1.08. The molecule has 1 aromatic rings. The van der Waals surface area contributed by atoms with Crippen LogP contribution < -0.4 is 0 Å². The normalized spacial score (nSPS) is 10.0. The highest BCUT2D eigenvalue weighted by Crippen LogP contribution is 2.23. The molecule has 0 saturated heterocycles.